The molecule has 1 heterocycles. The fraction of sp³-hybridized carbons (Fsp3) is 0.182. The third-order valence-electron chi connectivity index (χ3n) is 4.45. The Balaban J connectivity index is 1.73. The summed E-state index contributed by atoms with van der Waals surface area (Å²) in [5.41, 5.74) is 0.674. The van der Waals surface area contributed by atoms with Crippen LogP contribution in [0.1, 0.15) is 30.6 Å². The molecule has 0 aliphatic heterocycles. The van der Waals surface area contributed by atoms with Crippen LogP contribution in [0, 0.1) is 0 Å². The van der Waals surface area contributed by atoms with Crippen molar-refractivity contribution >= 4 is 33.2 Å². The second-order valence-electron chi connectivity index (χ2n) is 6.82. The summed E-state index contributed by atoms with van der Waals surface area (Å²) < 4.78 is 33.2. The third kappa shape index (κ3) is 5.96. The molecule has 2 N–H and O–H groups in total. The number of benzene rings is 2. The first-order chi connectivity index (χ1) is 14.8. The number of hydrogen-bond donors (Lipinski definition) is 2. The predicted molar refractivity (Wildman–Crippen MR) is 120 cm³/mol. The predicted octanol–water partition coefficient (Wildman–Crippen LogP) is 4.86. The lowest BCUT2D eigenvalue weighted by atomic mass is 10.2. The highest BCUT2D eigenvalue weighted by molar-refractivity contribution is 7.92. The Morgan fingerprint density at radius 3 is 2.42 bits per heavy atom. The molecule has 0 spiro atoms. The standard InChI is InChI=1S/C22H22ClN3O4S/c1-3-15(2)25-21(27)20-5-4-14-24-22(20)30-18-10-8-17(9-11-18)26-31(28,29)19-12-6-16(23)7-13-19/h4-15,26H,3H2,1-2H3,(H,25,27). The van der Waals surface area contributed by atoms with E-state index in [0.717, 1.165) is 6.42 Å². The molecule has 1 aromatic heterocycles. The van der Waals surface area contributed by atoms with Gasteiger partial charge in [-0.2, -0.15) is 0 Å². The van der Waals surface area contributed by atoms with Gasteiger partial charge in [0, 0.05) is 22.9 Å². The topological polar surface area (TPSA) is 97.4 Å². The molecule has 3 rings (SSSR count). The van der Waals surface area contributed by atoms with Crippen molar-refractivity contribution < 1.29 is 17.9 Å². The molecule has 0 aliphatic carbocycles. The number of halogens is 1. The van der Waals surface area contributed by atoms with Gasteiger partial charge in [0.15, 0.2) is 0 Å². The molecular formula is C22H22ClN3O4S. The second-order valence-corrected chi connectivity index (χ2v) is 8.94. The number of nitrogens with zero attached hydrogens (tertiary/aromatic N) is 1. The van der Waals surface area contributed by atoms with Gasteiger partial charge in [-0.15, -0.1) is 0 Å². The van der Waals surface area contributed by atoms with Gasteiger partial charge in [0.2, 0.25) is 5.88 Å². The van der Waals surface area contributed by atoms with Gasteiger partial charge in [-0.3, -0.25) is 9.52 Å². The van der Waals surface area contributed by atoms with Crippen LogP contribution >= 0.6 is 11.6 Å². The fourth-order valence-electron chi connectivity index (χ4n) is 2.58. The highest BCUT2D eigenvalue weighted by Gasteiger charge is 2.17. The van der Waals surface area contributed by atoms with Gasteiger partial charge < -0.3 is 10.1 Å². The molecule has 162 valence electrons. The molecule has 0 saturated heterocycles. The number of carbonyl (C=O) groups is 1. The minimum absolute atomic E-state index is 0.0218. The summed E-state index contributed by atoms with van der Waals surface area (Å²) in [6, 6.07) is 15.5. The highest BCUT2D eigenvalue weighted by Crippen LogP contribution is 2.25. The fourth-order valence-corrected chi connectivity index (χ4v) is 3.76. The number of nitrogens with one attached hydrogen (secondary N) is 2. The first kappa shape index (κ1) is 22.6. The van der Waals surface area contributed by atoms with Gasteiger partial charge in [0.25, 0.3) is 15.9 Å². The minimum atomic E-state index is -3.75. The molecule has 1 amide bonds. The molecule has 1 atom stereocenters. The number of carbonyl (C=O) groups excluding carboxylic acids is 1. The van der Waals surface area contributed by atoms with Gasteiger partial charge in [-0.05, 0) is 74.0 Å². The minimum Gasteiger partial charge on any atom is -0.438 e. The Bertz CT molecular complexity index is 1150. The SMILES string of the molecule is CCC(C)NC(=O)c1cccnc1Oc1ccc(NS(=O)(=O)c2ccc(Cl)cc2)cc1. The van der Waals surface area contributed by atoms with E-state index in [4.69, 9.17) is 16.3 Å². The zero-order valence-corrected chi connectivity index (χ0v) is 18.6. The Morgan fingerprint density at radius 1 is 1.10 bits per heavy atom. The summed E-state index contributed by atoms with van der Waals surface area (Å²) in [6.45, 7) is 3.90. The first-order valence-corrected chi connectivity index (χ1v) is 11.5. The van der Waals surface area contributed by atoms with E-state index in [-0.39, 0.29) is 22.7 Å². The molecule has 3 aromatic rings. The maximum absolute atomic E-state index is 12.5. The van der Waals surface area contributed by atoms with Gasteiger partial charge in [0.1, 0.15) is 11.3 Å². The van der Waals surface area contributed by atoms with Crippen LogP contribution in [-0.2, 0) is 10.0 Å². The van der Waals surface area contributed by atoms with Crippen molar-refractivity contribution in [1.82, 2.24) is 10.3 Å². The highest BCUT2D eigenvalue weighted by atomic mass is 35.5. The number of aromatic nitrogens is 1. The quantitative estimate of drug-likeness (QED) is 0.501. The number of pyridine rings is 1. The van der Waals surface area contributed by atoms with Crippen molar-refractivity contribution in [2.24, 2.45) is 0 Å². The average molecular weight is 460 g/mol. The summed E-state index contributed by atoms with van der Waals surface area (Å²) in [4.78, 5) is 16.7. The molecule has 2 aromatic carbocycles. The molecule has 31 heavy (non-hydrogen) atoms. The van der Waals surface area contributed by atoms with Gasteiger partial charge in [-0.1, -0.05) is 18.5 Å². The molecule has 1 unspecified atom stereocenters. The number of rotatable bonds is 8. The maximum Gasteiger partial charge on any atom is 0.261 e. The number of ether oxygens (including phenoxy) is 1. The lowest BCUT2D eigenvalue weighted by molar-refractivity contribution is 0.0936. The zero-order chi connectivity index (χ0) is 22.4. The average Bonchev–Trinajstić information content (AvgIpc) is 2.75. The van der Waals surface area contributed by atoms with Crippen LogP contribution in [0.25, 0.3) is 0 Å². The number of hydrogen-bond acceptors (Lipinski definition) is 5. The van der Waals surface area contributed by atoms with Crippen LogP contribution in [-0.4, -0.2) is 25.4 Å². The van der Waals surface area contributed by atoms with Crippen molar-refractivity contribution in [1.29, 1.82) is 0 Å². The molecular weight excluding hydrogens is 438 g/mol. The smallest absolute Gasteiger partial charge is 0.261 e. The third-order valence-corrected chi connectivity index (χ3v) is 6.10. The van der Waals surface area contributed by atoms with Crippen LogP contribution in [0.2, 0.25) is 5.02 Å². The van der Waals surface area contributed by atoms with Gasteiger partial charge >= 0.3 is 0 Å². The largest absolute Gasteiger partial charge is 0.438 e. The van der Waals surface area contributed by atoms with Crippen molar-refractivity contribution in [3.8, 4) is 11.6 Å². The number of amides is 1. The monoisotopic (exact) mass is 459 g/mol. The summed E-state index contributed by atoms with van der Waals surface area (Å²) in [6.07, 6.45) is 2.33. The van der Waals surface area contributed by atoms with E-state index in [1.165, 1.54) is 30.5 Å². The summed E-state index contributed by atoms with van der Waals surface area (Å²) in [5, 5.41) is 3.33. The van der Waals surface area contributed by atoms with Gasteiger partial charge in [-0.25, -0.2) is 13.4 Å². The molecule has 0 radical (unpaired) electrons. The van der Waals surface area contributed by atoms with Crippen molar-refractivity contribution in [2.45, 2.75) is 31.2 Å². The van der Waals surface area contributed by atoms with Crippen LogP contribution in [0.4, 0.5) is 5.69 Å². The van der Waals surface area contributed by atoms with E-state index in [1.54, 1.807) is 36.4 Å². The Morgan fingerprint density at radius 2 is 1.77 bits per heavy atom. The van der Waals surface area contributed by atoms with Gasteiger partial charge in [0.05, 0.1) is 4.90 Å². The Hall–Kier alpha value is -3.10. The molecule has 0 bridgehead atoms. The van der Waals surface area contributed by atoms with Crippen LogP contribution in [0.15, 0.2) is 71.8 Å². The molecule has 0 aliphatic rings. The summed E-state index contributed by atoms with van der Waals surface area (Å²) >= 11 is 5.81. The normalized spacial score (nSPS) is 12.1. The van der Waals surface area contributed by atoms with Crippen molar-refractivity contribution in [2.75, 3.05) is 4.72 Å². The number of sulfonamides is 1. The summed E-state index contributed by atoms with van der Waals surface area (Å²) in [7, 11) is -3.75. The Labute approximate surface area is 186 Å². The molecule has 0 fully saturated rings. The lowest BCUT2D eigenvalue weighted by Gasteiger charge is -2.14. The van der Waals surface area contributed by atoms with Crippen molar-refractivity contribution in [3.63, 3.8) is 0 Å². The Kier molecular flexibility index (Phi) is 7.14. The maximum atomic E-state index is 12.5. The van der Waals surface area contributed by atoms with Crippen LogP contribution in [0.5, 0.6) is 11.6 Å². The molecule has 7 nitrogen and oxygen atoms in total. The molecule has 0 saturated carbocycles. The van der Waals surface area contributed by atoms with Crippen molar-refractivity contribution in [3.05, 3.63) is 77.4 Å². The molecule has 9 heteroatoms. The zero-order valence-electron chi connectivity index (χ0n) is 17.0. The van der Waals surface area contributed by atoms with E-state index >= 15 is 0 Å². The van der Waals surface area contributed by atoms with E-state index in [1.807, 2.05) is 13.8 Å². The van der Waals surface area contributed by atoms with E-state index in [0.29, 0.717) is 22.0 Å². The number of anilines is 1. The van der Waals surface area contributed by atoms with Crippen LogP contribution in [0.3, 0.4) is 0 Å². The first-order valence-electron chi connectivity index (χ1n) is 9.60. The van der Waals surface area contributed by atoms with E-state index in [2.05, 4.69) is 15.0 Å². The lowest BCUT2D eigenvalue weighted by Crippen LogP contribution is -2.32. The second kappa shape index (κ2) is 9.80. The van der Waals surface area contributed by atoms with E-state index in [9.17, 15) is 13.2 Å². The summed E-state index contributed by atoms with van der Waals surface area (Å²) in [5.74, 6) is 0.299. The van der Waals surface area contributed by atoms with E-state index < -0.39 is 10.0 Å². The van der Waals surface area contributed by atoms with Crippen LogP contribution < -0.4 is 14.8 Å².